The van der Waals surface area contributed by atoms with E-state index in [0.717, 1.165) is 5.46 Å². The number of anilines is 2. The zero-order valence-electron chi connectivity index (χ0n) is 48.6. The third-order valence-corrected chi connectivity index (χ3v) is 17.6. The quantitative estimate of drug-likeness (QED) is 0.0757. The van der Waals surface area contributed by atoms with Crippen LogP contribution in [0.5, 0.6) is 23.0 Å². The van der Waals surface area contributed by atoms with Gasteiger partial charge in [-0.3, -0.25) is 28.2 Å². The van der Waals surface area contributed by atoms with E-state index in [2.05, 4.69) is 50.8 Å². The molecule has 21 nitrogen and oxygen atoms in total. The lowest BCUT2D eigenvalue weighted by Gasteiger charge is -2.32. The number of halogens is 4. The van der Waals surface area contributed by atoms with Crippen molar-refractivity contribution in [1.29, 1.82) is 5.26 Å². The fourth-order valence-electron chi connectivity index (χ4n) is 8.93. The summed E-state index contributed by atoms with van der Waals surface area (Å²) in [5.41, 5.74) is 1.38. The Morgan fingerprint density at radius 1 is 0.596 bits per heavy atom. The summed E-state index contributed by atoms with van der Waals surface area (Å²) in [7, 11) is -2.56. The first-order valence-electron chi connectivity index (χ1n) is 25.7. The number of benzene rings is 6. The number of ether oxygens (including phenoxy) is 4. The highest BCUT2D eigenvalue weighted by molar-refractivity contribution is 9.10. The molecule has 10 aromatic rings. The minimum absolute atomic E-state index is 0. The van der Waals surface area contributed by atoms with Crippen LogP contribution in [-0.2, 0) is 29.4 Å². The van der Waals surface area contributed by atoms with Gasteiger partial charge in [-0.2, -0.15) is 25.1 Å². The minimum Gasteiger partial charge on any atom is -0.495 e. The number of hydrogen-bond acceptors (Lipinski definition) is 17. The molecule has 0 aliphatic carbocycles. The Bertz CT molecular complexity index is 4660. The molecule has 1 saturated heterocycles. The van der Waals surface area contributed by atoms with Crippen LogP contribution in [-0.4, -0.2) is 83.0 Å². The molecule has 0 saturated carbocycles. The van der Waals surface area contributed by atoms with E-state index in [0.29, 0.717) is 49.5 Å². The molecule has 4 aromatic heterocycles. The maximum Gasteiger partial charge on any atom is 0.494 e. The lowest BCUT2D eigenvalue weighted by molar-refractivity contribution is 0.00578. The third-order valence-electron chi connectivity index (χ3n) is 14.0. The van der Waals surface area contributed by atoms with Gasteiger partial charge in [-0.05, 0) is 140 Å². The molecule has 89 heavy (non-hydrogen) atoms. The highest BCUT2D eigenvalue weighted by Crippen LogP contribution is 2.39. The van der Waals surface area contributed by atoms with Crippen molar-refractivity contribution in [3.63, 3.8) is 0 Å². The molecule has 2 unspecified atom stereocenters. The Morgan fingerprint density at radius 3 is 1.52 bits per heavy atom. The Morgan fingerprint density at radius 2 is 1.07 bits per heavy atom. The highest BCUT2D eigenvalue weighted by atomic mass is 79.9. The van der Waals surface area contributed by atoms with Crippen LogP contribution in [0.3, 0.4) is 0 Å². The number of aromatic nitrogens is 4. The number of hydrogen-bond donors (Lipinski definition) is 2. The number of nitrogens with one attached hydrogen (secondary N) is 2. The molecule has 1 aliphatic rings. The molecule has 6 aromatic carbocycles. The number of fused-ring (bicyclic) bond motifs is 2. The molecule has 0 spiro atoms. The van der Waals surface area contributed by atoms with Crippen LogP contribution in [0.4, 0.5) is 20.4 Å². The molecule has 0 bridgehead atoms. The van der Waals surface area contributed by atoms with Gasteiger partial charge in [-0.25, -0.2) is 25.6 Å². The Balaban J connectivity index is 0.000000198. The molecule has 464 valence electrons. The van der Waals surface area contributed by atoms with Crippen molar-refractivity contribution >= 4 is 113 Å². The van der Waals surface area contributed by atoms with Gasteiger partial charge in [0.2, 0.25) is 0 Å². The smallest absolute Gasteiger partial charge is 0.494 e. The molecular formula is C59H56BBrClF2N7O14P2S2. The number of rotatable bonds is 14. The first-order valence-corrected chi connectivity index (χ1v) is 29.8. The van der Waals surface area contributed by atoms with Gasteiger partial charge in [0.25, 0.3) is 31.2 Å². The van der Waals surface area contributed by atoms with E-state index in [1.165, 1.54) is 140 Å². The SMILES string of the molecule is COc1cc(Br)c(F)cc1-n1c(=O)ccc2cc(S(=O)(=O)Nc3ccon3)ccc21.COc1ccc(-c2cc(OC)c(-n3c(=O)ccc4cc(S(=O)(=O)Nc5ccon5)ccc43)cc2F)cc1Cl.COc1ccc(B2OC(C)(C)C(C)(C)O2)cc1C#N.P.P. The summed E-state index contributed by atoms with van der Waals surface area (Å²) in [6.45, 7) is 8.01. The van der Waals surface area contributed by atoms with Crippen molar-refractivity contribution in [3.8, 4) is 51.6 Å². The summed E-state index contributed by atoms with van der Waals surface area (Å²) in [5.74, 6) is 0.341. The second kappa shape index (κ2) is 27.7. The normalized spacial score (nSPS) is 13.1. The average Bonchev–Trinajstić information content (AvgIpc) is 2.18. The number of nitrogens with zero attached hydrogens (tertiary/aromatic N) is 5. The van der Waals surface area contributed by atoms with Gasteiger partial charge in [-0.15, -0.1) is 0 Å². The largest absolute Gasteiger partial charge is 0.495 e. The Hall–Kier alpha value is -8.18. The Labute approximate surface area is 529 Å². The van der Waals surface area contributed by atoms with E-state index in [4.69, 9.17) is 45.1 Å². The molecule has 0 radical (unpaired) electrons. The standard InChI is InChI=1S/C26H19ClFN3O6S.C19H13BrFN3O5S.C14H18BNO3.2H3P/c1-35-23-7-3-15(12-19(23)27)18-13-24(36-2)22(14-20(18)28)31-21-6-5-17(11-16(21)4-8-26(31)32)38(33,34)30-25-9-10-37-29-25;1-28-17-9-13(20)14(21)10-16(17)24-15-4-3-12(8-11(15)2-5-19(24)25)30(26,27)23-18-6-7-29-22-18;1-13(2)14(3,4)19-15(18-13)11-6-7-12(17-5)10(8-11)9-16;;/h3-14H,1-2H3,(H,29,30);2-10H,1H3,(H,22,23);6-8H,1-5H3;2*1H3. The molecule has 5 heterocycles. The molecule has 2 N–H and O–H groups in total. The molecule has 0 amide bonds. The number of methoxy groups -OCH3 is 4. The van der Waals surface area contributed by atoms with Crippen molar-refractivity contribution in [3.05, 3.63) is 193 Å². The summed E-state index contributed by atoms with van der Waals surface area (Å²) in [4.78, 5) is 25.5. The van der Waals surface area contributed by atoms with Gasteiger partial charge in [0.15, 0.2) is 11.6 Å². The van der Waals surface area contributed by atoms with E-state index < -0.39 is 49.9 Å². The van der Waals surface area contributed by atoms with E-state index >= 15 is 4.39 Å². The third kappa shape index (κ3) is 14.5. The molecular weight excluding hydrogens is 1320 g/mol. The maximum absolute atomic E-state index is 15.4. The molecule has 1 aliphatic heterocycles. The molecule has 2 atom stereocenters. The van der Waals surface area contributed by atoms with Crippen molar-refractivity contribution < 1.29 is 62.9 Å². The van der Waals surface area contributed by atoms with Crippen LogP contribution in [0.15, 0.2) is 179 Å². The second-order valence-corrected chi connectivity index (χ2v) is 24.5. The molecule has 1 fully saturated rings. The molecule has 30 heteroatoms. The Kier molecular flexibility index (Phi) is 21.3. The van der Waals surface area contributed by atoms with Crippen LogP contribution in [0, 0.1) is 23.0 Å². The zero-order chi connectivity index (χ0) is 62.8. The van der Waals surface area contributed by atoms with Crippen molar-refractivity contribution in [2.45, 2.75) is 48.7 Å². The van der Waals surface area contributed by atoms with Crippen LogP contribution in [0.1, 0.15) is 33.3 Å². The van der Waals surface area contributed by atoms with E-state index in [-0.39, 0.29) is 85.3 Å². The monoisotopic (exact) mass is 1380 g/mol. The van der Waals surface area contributed by atoms with Crippen LogP contribution >= 0.6 is 47.3 Å². The summed E-state index contributed by atoms with van der Waals surface area (Å²) in [6.07, 6.45) is 2.47. The average molecular weight is 1380 g/mol. The first-order chi connectivity index (χ1) is 41.3. The van der Waals surface area contributed by atoms with Crippen LogP contribution in [0.2, 0.25) is 5.02 Å². The van der Waals surface area contributed by atoms with Crippen molar-refractivity contribution in [1.82, 2.24) is 19.4 Å². The fraction of sp³-hybridized carbons (Fsp3) is 0.169. The fourth-order valence-corrected chi connectivity index (χ4v) is 11.6. The highest BCUT2D eigenvalue weighted by Gasteiger charge is 2.51. The summed E-state index contributed by atoms with van der Waals surface area (Å²) in [6, 6.07) is 34.2. The first kappa shape index (κ1) is 68.3. The number of sulfonamides is 2. The van der Waals surface area contributed by atoms with Crippen LogP contribution < -0.4 is 45.0 Å². The number of pyridine rings is 2. The predicted molar refractivity (Wildman–Crippen MR) is 347 cm³/mol. The van der Waals surface area contributed by atoms with Gasteiger partial charge in [-0.1, -0.05) is 34.0 Å². The summed E-state index contributed by atoms with van der Waals surface area (Å²) < 4.78 is 130. The lowest BCUT2D eigenvalue weighted by atomic mass is 9.78. The second-order valence-electron chi connectivity index (χ2n) is 19.9. The van der Waals surface area contributed by atoms with Gasteiger partial charge >= 0.3 is 7.12 Å². The molecule has 11 rings (SSSR count). The van der Waals surface area contributed by atoms with Crippen molar-refractivity contribution in [2.24, 2.45) is 0 Å². The summed E-state index contributed by atoms with van der Waals surface area (Å²) in [5, 5.41) is 17.4. The minimum atomic E-state index is -3.99. The summed E-state index contributed by atoms with van der Waals surface area (Å²) >= 11 is 9.31. The van der Waals surface area contributed by atoms with Gasteiger partial charge < -0.3 is 37.3 Å². The van der Waals surface area contributed by atoms with E-state index in [1.54, 1.807) is 37.4 Å². The number of nitriles is 1. The van der Waals surface area contributed by atoms with Gasteiger partial charge in [0.05, 0.1) is 86.9 Å². The van der Waals surface area contributed by atoms with Gasteiger partial charge in [0.1, 0.15) is 53.2 Å². The van der Waals surface area contributed by atoms with E-state index in [1.807, 2.05) is 33.8 Å². The van der Waals surface area contributed by atoms with Crippen LogP contribution in [0.25, 0.3) is 44.3 Å². The zero-order valence-corrected chi connectivity index (χ0v) is 55.4. The lowest BCUT2D eigenvalue weighted by Crippen LogP contribution is -2.41. The van der Waals surface area contributed by atoms with Gasteiger partial charge in [0, 0.05) is 52.7 Å². The van der Waals surface area contributed by atoms with E-state index in [9.17, 15) is 30.8 Å². The van der Waals surface area contributed by atoms with Crippen molar-refractivity contribution in [2.75, 3.05) is 37.9 Å². The predicted octanol–water partition coefficient (Wildman–Crippen LogP) is 10.9. The topological polar surface area (TPSA) is 268 Å². The maximum atomic E-state index is 15.4.